The normalized spacial score (nSPS) is 19.3. The molecule has 2 aromatic heterocycles. The zero-order valence-electron chi connectivity index (χ0n) is 14.9. The Morgan fingerprint density at radius 3 is 2.89 bits per heavy atom. The largest absolute Gasteiger partial charge is 0.459 e. The molecule has 0 aliphatic carbocycles. The van der Waals surface area contributed by atoms with Crippen molar-refractivity contribution in [3.8, 4) is 0 Å². The van der Waals surface area contributed by atoms with Crippen LogP contribution in [0.2, 0.25) is 0 Å². The van der Waals surface area contributed by atoms with Crippen LogP contribution in [0.3, 0.4) is 0 Å². The van der Waals surface area contributed by atoms with E-state index in [1.807, 2.05) is 43.3 Å². The van der Waals surface area contributed by atoms with E-state index in [0.717, 1.165) is 11.1 Å². The fraction of sp³-hybridized carbons (Fsp3) is 0.250. The second kappa shape index (κ2) is 7.30. The monoisotopic (exact) mass is 364 g/mol. The van der Waals surface area contributed by atoms with Crippen LogP contribution in [0.25, 0.3) is 5.65 Å². The Bertz CT molecular complexity index is 1030. The predicted octanol–water partition coefficient (Wildman–Crippen LogP) is 1.51. The van der Waals surface area contributed by atoms with Crippen LogP contribution in [0.5, 0.6) is 0 Å². The number of ether oxygens (including phenoxy) is 1. The van der Waals surface area contributed by atoms with E-state index < -0.39 is 0 Å². The van der Waals surface area contributed by atoms with E-state index in [1.54, 1.807) is 12.3 Å². The molecule has 7 nitrogen and oxygen atoms in total. The summed E-state index contributed by atoms with van der Waals surface area (Å²) in [6.07, 6.45) is 1.74. The van der Waals surface area contributed by atoms with Gasteiger partial charge >= 0.3 is 5.97 Å². The van der Waals surface area contributed by atoms with Gasteiger partial charge in [-0.25, -0.2) is 10.4 Å². The van der Waals surface area contributed by atoms with Crippen LogP contribution in [0, 0.1) is 12.8 Å². The summed E-state index contributed by atoms with van der Waals surface area (Å²) in [6, 6.07) is 14.7. The molecule has 2 unspecified atom stereocenters. The quantitative estimate of drug-likeness (QED) is 0.683. The molecule has 1 aliphatic rings. The minimum absolute atomic E-state index is 0.0313. The summed E-state index contributed by atoms with van der Waals surface area (Å²) in [4.78, 5) is 29.2. The molecule has 2 atom stereocenters. The van der Waals surface area contributed by atoms with Crippen molar-refractivity contribution in [3.63, 3.8) is 0 Å². The number of nitrogens with one attached hydrogen (secondary N) is 2. The van der Waals surface area contributed by atoms with Crippen molar-refractivity contribution < 1.29 is 9.53 Å². The zero-order chi connectivity index (χ0) is 18.8. The maximum atomic E-state index is 12.6. The minimum Gasteiger partial charge on any atom is -0.459 e. The minimum atomic E-state index is -0.350. The molecule has 1 fully saturated rings. The topological polar surface area (TPSA) is 84.7 Å². The van der Waals surface area contributed by atoms with Crippen molar-refractivity contribution in [1.29, 1.82) is 0 Å². The molecule has 0 bridgehead atoms. The number of hydrogen-bond acceptors (Lipinski definition) is 6. The molecular weight excluding hydrogens is 344 g/mol. The number of nitrogens with zero attached hydrogens (tertiary/aromatic N) is 2. The van der Waals surface area contributed by atoms with E-state index in [-0.39, 0.29) is 30.1 Å². The van der Waals surface area contributed by atoms with Gasteiger partial charge in [0.15, 0.2) is 0 Å². The summed E-state index contributed by atoms with van der Waals surface area (Å²) >= 11 is 0. The molecule has 2 N–H and O–H groups in total. The lowest BCUT2D eigenvalue weighted by Crippen LogP contribution is -2.27. The van der Waals surface area contributed by atoms with Crippen molar-refractivity contribution in [3.05, 3.63) is 81.9 Å². The van der Waals surface area contributed by atoms with E-state index in [4.69, 9.17) is 4.74 Å². The Hall–Kier alpha value is -3.03. The number of rotatable bonds is 4. The maximum Gasteiger partial charge on any atom is 0.312 e. The Balaban J connectivity index is 1.48. The summed E-state index contributed by atoms with van der Waals surface area (Å²) in [7, 11) is 0. The SMILES string of the molecule is Cc1ccc2nc(COC(=O)C3CNNC3c3ccccc3)cc(=O)n2c1. The summed E-state index contributed by atoms with van der Waals surface area (Å²) in [5, 5.41) is 0. The summed E-state index contributed by atoms with van der Waals surface area (Å²) in [5.74, 6) is -0.677. The van der Waals surface area contributed by atoms with Crippen molar-refractivity contribution in [2.45, 2.75) is 19.6 Å². The molecule has 1 aromatic carbocycles. The van der Waals surface area contributed by atoms with Crippen LogP contribution in [-0.2, 0) is 16.1 Å². The standard InChI is InChI=1S/C20H20N4O3/c1-13-7-8-17-22-15(9-18(25)24(17)11-13)12-27-20(26)16-10-21-23-19(16)14-5-3-2-4-6-14/h2-9,11,16,19,21,23H,10,12H2,1H3. The second-order valence-electron chi connectivity index (χ2n) is 6.65. The molecule has 0 amide bonds. The molecule has 27 heavy (non-hydrogen) atoms. The second-order valence-corrected chi connectivity index (χ2v) is 6.65. The fourth-order valence-corrected chi connectivity index (χ4v) is 3.28. The smallest absolute Gasteiger partial charge is 0.312 e. The van der Waals surface area contributed by atoms with E-state index in [9.17, 15) is 9.59 Å². The highest BCUT2D eigenvalue weighted by molar-refractivity contribution is 5.74. The third kappa shape index (κ3) is 3.60. The van der Waals surface area contributed by atoms with E-state index in [2.05, 4.69) is 15.8 Å². The average Bonchev–Trinajstić information content (AvgIpc) is 3.17. The van der Waals surface area contributed by atoms with Crippen molar-refractivity contribution in [1.82, 2.24) is 20.2 Å². The number of carbonyl (C=O) groups excluding carboxylic acids is 1. The van der Waals surface area contributed by atoms with E-state index in [1.165, 1.54) is 10.5 Å². The lowest BCUT2D eigenvalue weighted by atomic mass is 9.95. The highest BCUT2D eigenvalue weighted by atomic mass is 16.5. The summed E-state index contributed by atoms with van der Waals surface area (Å²) in [5.41, 5.74) is 8.90. The number of hydrogen-bond donors (Lipinski definition) is 2. The number of aromatic nitrogens is 2. The van der Waals surface area contributed by atoms with Crippen LogP contribution in [0.4, 0.5) is 0 Å². The Kier molecular flexibility index (Phi) is 4.70. The Morgan fingerprint density at radius 2 is 2.07 bits per heavy atom. The van der Waals surface area contributed by atoms with Crippen molar-refractivity contribution in [2.75, 3.05) is 6.54 Å². The van der Waals surface area contributed by atoms with Gasteiger partial charge in [0.1, 0.15) is 12.3 Å². The van der Waals surface area contributed by atoms with Crippen LogP contribution in [0.1, 0.15) is 22.9 Å². The maximum absolute atomic E-state index is 12.6. The van der Waals surface area contributed by atoms with Gasteiger partial charge < -0.3 is 4.74 Å². The first-order chi connectivity index (χ1) is 13.1. The Morgan fingerprint density at radius 1 is 1.26 bits per heavy atom. The predicted molar refractivity (Wildman–Crippen MR) is 99.8 cm³/mol. The summed E-state index contributed by atoms with van der Waals surface area (Å²) in [6.45, 7) is 2.36. The van der Waals surface area contributed by atoms with Crippen molar-refractivity contribution in [2.24, 2.45) is 5.92 Å². The number of esters is 1. The molecular formula is C20H20N4O3. The van der Waals surface area contributed by atoms with E-state index >= 15 is 0 Å². The molecule has 4 rings (SSSR count). The van der Waals surface area contributed by atoms with E-state index in [0.29, 0.717) is 17.9 Å². The first-order valence-corrected chi connectivity index (χ1v) is 8.81. The third-order valence-corrected chi connectivity index (χ3v) is 4.67. The summed E-state index contributed by atoms with van der Waals surface area (Å²) < 4.78 is 6.94. The average molecular weight is 364 g/mol. The zero-order valence-corrected chi connectivity index (χ0v) is 14.9. The molecule has 3 aromatic rings. The molecule has 0 saturated carbocycles. The van der Waals surface area contributed by atoms with Crippen LogP contribution < -0.4 is 16.4 Å². The molecule has 0 spiro atoms. The molecule has 7 heteroatoms. The van der Waals surface area contributed by atoms with Crippen molar-refractivity contribution >= 4 is 11.6 Å². The Labute approximate surface area is 156 Å². The van der Waals surface area contributed by atoms with Gasteiger partial charge in [-0.1, -0.05) is 36.4 Å². The van der Waals surface area contributed by atoms with Gasteiger partial charge in [0.2, 0.25) is 0 Å². The number of aryl methyl sites for hydroxylation is 1. The first-order valence-electron chi connectivity index (χ1n) is 8.81. The van der Waals surface area contributed by atoms with Gasteiger partial charge in [0.25, 0.3) is 5.56 Å². The van der Waals surface area contributed by atoms with Gasteiger partial charge in [-0.05, 0) is 24.1 Å². The third-order valence-electron chi connectivity index (χ3n) is 4.67. The van der Waals surface area contributed by atoms with Crippen LogP contribution >= 0.6 is 0 Å². The van der Waals surface area contributed by atoms with Gasteiger partial charge in [0, 0.05) is 18.8 Å². The number of hydrazine groups is 1. The molecule has 3 heterocycles. The number of benzene rings is 1. The van der Waals surface area contributed by atoms with Gasteiger partial charge in [0.05, 0.1) is 17.7 Å². The molecule has 1 saturated heterocycles. The lowest BCUT2D eigenvalue weighted by molar-refractivity contribution is -0.149. The molecule has 1 aliphatic heterocycles. The highest BCUT2D eigenvalue weighted by Crippen LogP contribution is 2.25. The van der Waals surface area contributed by atoms with Crippen LogP contribution in [0.15, 0.2) is 59.5 Å². The molecule has 138 valence electrons. The van der Waals surface area contributed by atoms with Gasteiger partial charge in [-0.3, -0.25) is 19.4 Å². The number of fused-ring (bicyclic) bond motifs is 1. The fourth-order valence-electron chi connectivity index (χ4n) is 3.28. The number of carbonyl (C=O) groups is 1. The highest BCUT2D eigenvalue weighted by Gasteiger charge is 2.35. The molecule has 0 radical (unpaired) electrons. The lowest BCUT2D eigenvalue weighted by Gasteiger charge is -2.17. The first kappa shape index (κ1) is 17.4. The number of pyridine rings is 1. The van der Waals surface area contributed by atoms with Gasteiger partial charge in [-0.2, -0.15) is 0 Å². The van der Waals surface area contributed by atoms with Gasteiger partial charge in [-0.15, -0.1) is 0 Å². The van der Waals surface area contributed by atoms with Crippen LogP contribution in [-0.4, -0.2) is 21.9 Å².